The van der Waals surface area contributed by atoms with Crippen molar-refractivity contribution in [2.75, 3.05) is 41.2 Å². The van der Waals surface area contributed by atoms with Crippen LogP contribution < -0.4 is 18.9 Å². The Labute approximate surface area is 278 Å². The molecule has 48 heavy (non-hydrogen) atoms. The summed E-state index contributed by atoms with van der Waals surface area (Å²) in [5.41, 5.74) is -0.676. The Kier molecular flexibility index (Phi) is 11.8. The summed E-state index contributed by atoms with van der Waals surface area (Å²) in [6, 6.07) is 25.0. The molecule has 0 unspecified atom stereocenters. The maximum Gasteiger partial charge on any atom is 0.341 e. The van der Waals surface area contributed by atoms with Crippen molar-refractivity contribution in [1.29, 1.82) is 0 Å². The van der Waals surface area contributed by atoms with Crippen LogP contribution >= 0.6 is 0 Å². The van der Waals surface area contributed by atoms with Gasteiger partial charge in [0.25, 0.3) is 0 Å². The van der Waals surface area contributed by atoms with Gasteiger partial charge in [0.1, 0.15) is 59.3 Å². The first-order valence-corrected chi connectivity index (χ1v) is 16.0. The molecule has 0 spiro atoms. The molecule has 0 atom stereocenters. The average molecular weight is 678 g/mol. The Bertz CT molecular complexity index is 1700. The van der Waals surface area contributed by atoms with Gasteiger partial charge < -0.3 is 28.4 Å². The molecule has 12 nitrogen and oxygen atoms in total. The zero-order chi connectivity index (χ0) is 34.7. The number of sulfonamides is 1. The molecule has 0 saturated heterocycles. The van der Waals surface area contributed by atoms with Gasteiger partial charge in [-0.25, -0.2) is 22.8 Å². The molecule has 0 radical (unpaired) electrons. The van der Waals surface area contributed by atoms with Gasteiger partial charge in [0.15, 0.2) is 0 Å². The first-order valence-electron chi connectivity index (χ1n) is 14.5. The quantitative estimate of drug-likeness (QED) is 0.139. The summed E-state index contributed by atoms with van der Waals surface area (Å²) in [6.07, 6.45) is 0. The van der Waals surface area contributed by atoms with E-state index in [-0.39, 0.29) is 38.8 Å². The molecule has 0 aliphatic rings. The smallest absolute Gasteiger partial charge is 0.341 e. The average Bonchev–Trinajstić information content (AvgIpc) is 3.11. The molecule has 4 aromatic carbocycles. The maximum atomic E-state index is 14.0. The highest BCUT2D eigenvalue weighted by molar-refractivity contribution is 7.89. The van der Waals surface area contributed by atoms with Crippen molar-refractivity contribution in [3.05, 3.63) is 119 Å². The van der Waals surface area contributed by atoms with Crippen molar-refractivity contribution >= 4 is 27.9 Å². The fraction of sp³-hybridized carbons (Fsp3) is 0.229. The summed E-state index contributed by atoms with van der Waals surface area (Å²) in [7, 11) is -0.644. The highest BCUT2D eigenvalue weighted by atomic mass is 32.2. The van der Waals surface area contributed by atoms with Crippen molar-refractivity contribution in [2.45, 2.75) is 17.4 Å². The SMILES string of the molecule is COC(=O)c1ccccc1OCC(COc1ccccc1C(=O)OC)(COc1ccccc1C(=O)OC)NS(=O)(=O)c1ccc(C)cc1. The largest absolute Gasteiger partial charge is 0.490 e. The number of ether oxygens (including phenoxy) is 6. The molecule has 252 valence electrons. The van der Waals surface area contributed by atoms with E-state index in [1.807, 2.05) is 6.92 Å². The van der Waals surface area contributed by atoms with Gasteiger partial charge in [-0.3, -0.25) is 0 Å². The van der Waals surface area contributed by atoms with Gasteiger partial charge in [-0.2, -0.15) is 4.72 Å². The zero-order valence-electron chi connectivity index (χ0n) is 26.8. The van der Waals surface area contributed by atoms with Crippen LogP contribution in [0.2, 0.25) is 0 Å². The van der Waals surface area contributed by atoms with Crippen LogP contribution in [0.5, 0.6) is 17.2 Å². The minimum absolute atomic E-state index is 0.0580. The highest BCUT2D eigenvalue weighted by Crippen LogP contribution is 2.27. The molecule has 1 N–H and O–H groups in total. The van der Waals surface area contributed by atoms with Crippen LogP contribution in [-0.2, 0) is 24.2 Å². The van der Waals surface area contributed by atoms with Crippen molar-refractivity contribution in [3.63, 3.8) is 0 Å². The second-order valence-corrected chi connectivity index (χ2v) is 12.2. The third-order valence-corrected chi connectivity index (χ3v) is 8.67. The van der Waals surface area contributed by atoms with Crippen molar-refractivity contribution in [3.8, 4) is 17.2 Å². The van der Waals surface area contributed by atoms with E-state index in [4.69, 9.17) is 28.4 Å². The molecule has 0 heterocycles. The van der Waals surface area contributed by atoms with E-state index in [1.165, 1.54) is 69.9 Å². The van der Waals surface area contributed by atoms with Crippen molar-refractivity contribution in [1.82, 2.24) is 4.72 Å². The Morgan fingerprint density at radius 3 is 1.23 bits per heavy atom. The predicted octanol–water partition coefficient (Wildman–Crippen LogP) is 4.61. The topological polar surface area (TPSA) is 153 Å². The molecule has 4 rings (SSSR count). The number of para-hydroxylation sites is 3. The number of rotatable bonds is 15. The van der Waals surface area contributed by atoms with E-state index in [0.29, 0.717) is 0 Å². The van der Waals surface area contributed by atoms with E-state index < -0.39 is 53.3 Å². The Balaban J connectivity index is 1.82. The molecule has 0 fully saturated rings. The second kappa shape index (κ2) is 15.9. The van der Waals surface area contributed by atoms with E-state index in [1.54, 1.807) is 48.5 Å². The van der Waals surface area contributed by atoms with Crippen LogP contribution in [0.25, 0.3) is 0 Å². The maximum absolute atomic E-state index is 14.0. The standard InChI is InChI=1S/C35H35NO11S/c1-24-17-19-25(20-18-24)48(40,41)36-35(21-45-29-14-8-5-11-26(29)32(37)42-2,22-46-30-15-9-6-12-27(30)33(38)43-3)23-47-31-16-10-7-13-28(31)34(39)44-4/h5-20,36H,21-23H2,1-4H3. The third kappa shape index (κ3) is 8.69. The lowest BCUT2D eigenvalue weighted by Crippen LogP contribution is -2.60. The molecule has 0 amide bonds. The monoisotopic (exact) mass is 677 g/mol. The molecular formula is C35H35NO11S. The minimum Gasteiger partial charge on any atom is -0.490 e. The molecular weight excluding hydrogens is 642 g/mol. The van der Waals surface area contributed by atoms with Crippen LogP contribution in [0.3, 0.4) is 0 Å². The van der Waals surface area contributed by atoms with Crippen LogP contribution in [0.15, 0.2) is 102 Å². The number of esters is 3. The van der Waals surface area contributed by atoms with E-state index in [0.717, 1.165) is 5.56 Å². The molecule has 0 saturated carbocycles. The van der Waals surface area contributed by atoms with Crippen LogP contribution in [0, 0.1) is 6.92 Å². The van der Waals surface area contributed by atoms with Gasteiger partial charge in [0.05, 0.1) is 26.2 Å². The number of hydrogen-bond donors (Lipinski definition) is 1. The number of carbonyl (C=O) groups is 3. The van der Waals surface area contributed by atoms with Gasteiger partial charge >= 0.3 is 17.9 Å². The number of methoxy groups -OCH3 is 3. The van der Waals surface area contributed by atoms with Crippen LogP contribution in [0.4, 0.5) is 0 Å². The predicted molar refractivity (Wildman–Crippen MR) is 174 cm³/mol. The van der Waals surface area contributed by atoms with E-state index >= 15 is 0 Å². The highest BCUT2D eigenvalue weighted by Gasteiger charge is 2.40. The molecule has 0 bridgehead atoms. The fourth-order valence-corrected chi connectivity index (χ4v) is 5.89. The van der Waals surface area contributed by atoms with Gasteiger partial charge in [-0.15, -0.1) is 0 Å². The summed E-state index contributed by atoms with van der Waals surface area (Å²) in [4.78, 5) is 37.5. The van der Waals surface area contributed by atoms with Crippen molar-refractivity contribution in [2.24, 2.45) is 0 Å². The van der Waals surface area contributed by atoms with Gasteiger partial charge in [-0.05, 0) is 55.5 Å². The number of carbonyl (C=O) groups excluding carboxylic acids is 3. The van der Waals surface area contributed by atoms with Crippen LogP contribution in [0.1, 0.15) is 36.6 Å². The summed E-state index contributed by atoms with van der Waals surface area (Å²) < 4.78 is 63.7. The Morgan fingerprint density at radius 1 is 0.562 bits per heavy atom. The Hall–Kier alpha value is -5.40. The molecule has 13 heteroatoms. The lowest BCUT2D eigenvalue weighted by atomic mass is 10.0. The first-order chi connectivity index (χ1) is 23.0. The van der Waals surface area contributed by atoms with Gasteiger partial charge in [-0.1, -0.05) is 54.1 Å². The normalized spacial score (nSPS) is 11.2. The van der Waals surface area contributed by atoms with E-state index in [2.05, 4.69) is 4.72 Å². The zero-order valence-corrected chi connectivity index (χ0v) is 27.6. The van der Waals surface area contributed by atoms with E-state index in [9.17, 15) is 22.8 Å². The van der Waals surface area contributed by atoms with Gasteiger partial charge in [0.2, 0.25) is 10.0 Å². The number of aryl methyl sites for hydroxylation is 1. The molecule has 0 aliphatic carbocycles. The summed E-state index contributed by atoms with van der Waals surface area (Å²) >= 11 is 0. The Morgan fingerprint density at radius 2 is 0.896 bits per heavy atom. The summed E-state index contributed by atoms with van der Waals surface area (Å²) in [5, 5.41) is 0. The second-order valence-electron chi connectivity index (χ2n) is 10.5. The van der Waals surface area contributed by atoms with Crippen LogP contribution in [-0.4, -0.2) is 73.0 Å². The number of hydrogen-bond acceptors (Lipinski definition) is 11. The molecule has 0 aromatic heterocycles. The number of nitrogens with one attached hydrogen (secondary N) is 1. The minimum atomic E-state index is -4.31. The molecule has 4 aromatic rings. The lowest BCUT2D eigenvalue weighted by molar-refractivity contribution is 0.0582. The summed E-state index contributed by atoms with van der Waals surface area (Å²) in [6.45, 7) is 0.423. The fourth-order valence-electron chi connectivity index (χ4n) is 4.54. The molecule has 0 aliphatic heterocycles. The van der Waals surface area contributed by atoms with Crippen molar-refractivity contribution < 1.29 is 51.2 Å². The summed E-state index contributed by atoms with van der Waals surface area (Å²) in [5.74, 6) is -1.76. The first kappa shape index (κ1) is 35.5. The number of benzene rings is 4. The van der Waals surface area contributed by atoms with Gasteiger partial charge in [0, 0.05) is 0 Å². The third-order valence-electron chi connectivity index (χ3n) is 7.07. The lowest BCUT2D eigenvalue weighted by Gasteiger charge is -2.34.